The number of amides is 2. The second kappa shape index (κ2) is 10.0. The molecule has 0 saturated carbocycles. The maximum atomic E-state index is 12.6. The van der Waals surface area contributed by atoms with Crippen molar-refractivity contribution in [1.82, 2.24) is 30.4 Å². The molecule has 0 radical (unpaired) electrons. The number of carbonyl (C=O) groups excluding carboxylic acids is 2. The number of carboxylic acid groups (broad SMARTS) is 1. The van der Waals surface area contributed by atoms with E-state index in [1.807, 2.05) is 0 Å². The van der Waals surface area contributed by atoms with Crippen molar-refractivity contribution in [2.24, 2.45) is 0 Å². The number of thioether (sulfide) groups is 2. The Hall–Kier alpha value is -1.50. The molecule has 0 aromatic carbocycles. The van der Waals surface area contributed by atoms with Crippen LogP contribution in [-0.2, 0) is 30.3 Å². The zero-order chi connectivity index (χ0) is 24.6. The van der Waals surface area contributed by atoms with E-state index in [-0.39, 0.29) is 22.4 Å². The molecule has 3 heterocycles. The molecule has 1 saturated heterocycles. The van der Waals surface area contributed by atoms with Gasteiger partial charge < -0.3 is 15.2 Å². The highest BCUT2D eigenvalue weighted by Crippen LogP contribution is 2.41. The first-order valence-corrected chi connectivity index (χ1v) is 13.3. The van der Waals surface area contributed by atoms with Gasteiger partial charge in [-0.05, 0) is 16.0 Å². The molecule has 3 rings (SSSR count). The largest absolute Gasteiger partial charge is 0.477 e. The van der Waals surface area contributed by atoms with Gasteiger partial charge in [-0.25, -0.2) is 14.3 Å². The van der Waals surface area contributed by atoms with Gasteiger partial charge in [0.15, 0.2) is 5.88 Å². The van der Waals surface area contributed by atoms with Crippen LogP contribution in [0.2, 0.25) is 0 Å². The summed E-state index contributed by atoms with van der Waals surface area (Å²) in [6.45, 7) is -0.551. The molecule has 20 heteroatoms. The second-order valence-electron chi connectivity index (χ2n) is 6.44. The van der Waals surface area contributed by atoms with Gasteiger partial charge in [0.25, 0.3) is 16.0 Å². The number of carboxylic acids is 1. The number of tetrazole rings is 1. The number of hydrogen-bond donors (Lipinski definition) is 3. The normalized spacial score (nSPS) is 20.8. The van der Waals surface area contributed by atoms with Gasteiger partial charge in [0, 0.05) is 11.5 Å². The summed E-state index contributed by atoms with van der Waals surface area (Å²) < 4.78 is 34.8. The summed E-state index contributed by atoms with van der Waals surface area (Å²) in [5.41, 5.74) is 0.0819. The lowest BCUT2D eigenvalue weighted by Gasteiger charge is -2.49. The van der Waals surface area contributed by atoms with Crippen LogP contribution in [0, 0.1) is 0 Å². The average molecular weight is 584 g/mol. The topological polar surface area (TPSA) is 194 Å². The minimum atomic E-state index is -4.40. The van der Waals surface area contributed by atoms with E-state index in [1.54, 1.807) is 0 Å². The third kappa shape index (κ3) is 6.55. The molecule has 2 aliphatic heterocycles. The van der Waals surface area contributed by atoms with E-state index in [1.165, 1.54) is 11.8 Å². The van der Waals surface area contributed by atoms with Crippen molar-refractivity contribution in [2.75, 3.05) is 18.1 Å². The first kappa shape index (κ1) is 26.1. The Morgan fingerprint density at radius 3 is 2.67 bits per heavy atom. The van der Waals surface area contributed by atoms with Crippen LogP contribution in [0.1, 0.15) is 0 Å². The first-order chi connectivity index (χ1) is 15.3. The molecule has 2 amide bonds. The fourth-order valence-corrected chi connectivity index (χ4v) is 5.89. The number of hydrogen-bond acceptors (Lipinski definition) is 11. The molecule has 1 aromatic heterocycles. The van der Waals surface area contributed by atoms with E-state index < -0.39 is 55.8 Å². The Morgan fingerprint density at radius 2 is 2.06 bits per heavy atom. The second-order valence-corrected chi connectivity index (χ2v) is 12.4. The Labute approximate surface area is 209 Å². The van der Waals surface area contributed by atoms with Crippen molar-refractivity contribution >= 4 is 86.4 Å². The number of ether oxygens (including phenoxy) is 1. The SMILES string of the molecule is O=C(NC1C(=O)N2C(C(=O)O)=C(CSc3nnnn3CS(=O)(=O)O)CS[C@@H]12)OCC(Cl)(Cl)Cl. The lowest BCUT2D eigenvalue weighted by molar-refractivity contribution is -0.149. The van der Waals surface area contributed by atoms with Crippen molar-refractivity contribution in [3.63, 3.8) is 0 Å². The van der Waals surface area contributed by atoms with Gasteiger partial charge in [0.1, 0.15) is 23.7 Å². The number of alkyl halides is 3. The number of carbonyl (C=O) groups is 3. The zero-order valence-electron chi connectivity index (χ0n) is 15.9. The fourth-order valence-electron chi connectivity index (χ4n) is 2.80. The summed E-state index contributed by atoms with van der Waals surface area (Å²) in [7, 11) is -4.40. The zero-order valence-corrected chi connectivity index (χ0v) is 20.6. The number of β-lactam (4-membered cyclic amide) rings is 1. The van der Waals surface area contributed by atoms with Crippen LogP contribution in [0.15, 0.2) is 16.4 Å². The minimum absolute atomic E-state index is 0.0143. The van der Waals surface area contributed by atoms with Crippen LogP contribution >= 0.6 is 58.3 Å². The molecule has 33 heavy (non-hydrogen) atoms. The van der Waals surface area contributed by atoms with Crippen LogP contribution in [-0.4, -0.2) is 94.5 Å². The number of aliphatic carboxylic acids is 1. The molecule has 182 valence electrons. The molecular weight excluding hydrogens is 571 g/mol. The average Bonchev–Trinajstić information content (AvgIpc) is 3.12. The third-order valence-electron chi connectivity index (χ3n) is 4.05. The van der Waals surface area contributed by atoms with Crippen molar-refractivity contribution in [2.45, 2.75) is 26.2 Å². The Balaban J connectivity index is 1.69. The number of halogens is 3. The predicted octanol–water partition coefficient (Wildman–Crippen LogP) is 0.329. The lowest BCUT2D eigenvalue weighted by atomic mass is 10.0. The van der Waals surface area contributed by atoms with Crippen molar-refractivity contribution in [3.05, 3.63) is 11.3 Å². The van der Waals surface area contributed by atoms with E-state index in [4.69, 9.17) is 44.1 Å². The smallest absolute Gasteiger partial charge is 0.408 e. The number of fused-ring (bicyclic) bond motifs is 1. The van der Waals surface area contributed by atoms with E-state index in [0.717, 1.165) is 21.3 Å². The van der Waals surface area contributed by atoms with Crippen LogP contribution in [0.4, 0.5) is 4.79 Å². The van der Waals surface area contributed by atoms with Crippen molar-refractivity contribution in [1.29, 1.82) is 0 Å². The van der Waals surface area contributed by atoms with E-state index in [9.17, 15) is 27.9 Å². The van der Waals surface area contributed by atoms with Gasteiger partial charge in [0.05, 0.1) is 0 Å². The van der Waals surface area contributed by atoms with Crippen molar-refractivity contribution < 1.29 is 37.2 Å². The van der Waals surface area contributed by atoms with Crippen molar-refractivity contribution in [3.8, 4) is 0 Å². The standard InChI is InChI=1S/C13H13Cl3N6O8S3/c14-13(15,16)3-30-12(26)17-6-8(23)22-7(10(24)25)5(1-31-9(6)22)2-32-11-18-19-20-21(11)4-33(27,28)29/h6,9H,1-4H2,(H,17,26)(H,24,25)(H,27,28,29)/t6?,9-/m0/s1. The Bertz CT molecular complexity index is 1110. The summed E-state index contributed by atoms with van der Waals surface area (Å²) in [5, 5.41) is 21.7. The van der Waals surface area contributed by atoms with Gasteiger partial charge >= 0.3 is 12.1 Å². The van der Waals surface area contributed by atoms with Gasteiger partial charge in [-0.15, -0.1) is 16.9 Å². The number of nitrogens with one attached hydrogen (secondary N) is 1. The molecule has 1 aromatic rings. The summed E-state index contributed by atoms with van der Waals surface area (Å²) in [5.74, 6) is -2.71. The Morgan fingerprint density at radius 1 is 1.36 bits per heavy atom. The Kier molecular flexibility index (Phi) is 7.92. The van der Waals surface area contributed by atoms with Gasteiger partial charge in [-0.2, -0.15) is 8.42 Å². The molecule has 3 N–H and O–H groups in total. The van der Waals surface area contributed by atoms with Crippen LogP contribution in [0.5, 0.6) is 0 Å². The first-order valence-electron chi connectivity index (χ1n) is 8.51. The fraction of sp³-hybridized carbons (Fsp3) is 0.538. The minimum Gasteiger partial charge on any atom is -0.477 e. The summed E-state index contributed by atoms with van der Waals surface area (Å²) in [6, 6.07) is -1.04. The highest BCUT2D eigenvalue weighted by Gasteiger charge is 2.54. The molecule has 1 fully saturated rings. The summed E-state index contributed by atoms with van der Waals surface area (Å²) >= 11 is 18.6. The summed E-state index contributed by atoms with van der Waals surface area (Å²) in [4.78, 5) is 37.3. The molecule has 0 spiro atoms. The number of aromatic nitrogens is 4. The lowest BCUT2D eigenvalue weighted by Crippen LogP contribution is -2.70. The molecular formula is C13H13Cl3N6O8S3. The highest BCUT2D eigenvalue weighted by atomic mass is 35.6. The van der Waals surface area contributed by atoms with Gasteiger partial charge in [0.2, 0.25) is 8.95 Å². The monoisotopic (exact) mass is 582 g/mol. The maximum absolute atomic E-state index is 12.6. The van der Waals surface area contributed by atoms with Crippen LogP contribution < -0.4 is 5.32 Å². The van der Waals surface area contributed by atoms with E-state index in [2.05, 4.69) is 20.8 Å². The number of alkyl carbamates (subject to hydrolysis) is 1. The number of nitrogens with zero attached hydrogens (tertiary/aromatic N) is 5. The van der Waals surface area contributed by atoms with Gasteiger partial charge in [-0.1, -0.05) is 46.6 Å². The molecule has 14 nitrogen and oxygen atoms in total. The van der Waals surface area contributed by atoms with Crippen LogP contribution in [0.3, 0.4) is 0 Å². The van der Waals surface area contributed by atoms with Crippen LogP contribution in [0.25, 0.3) is 0 Å². The van der Waals surface area contributed by atoms with Gasteiger partial charge in [-0.3, -0.25) is 14.2 Å². The predicted molar refractivity (Wildman–Crippen MR) is 116 cm³/mol. The molecule has 0 aliphatic carbocycles. The molecule has 1 unspecified atom stereocenters. The van der Waals surface area contributed by atoms with E-state index >= 15 is 0 Å². The number of rotatable bonds is 8. The maximum Gasteiger partial charge on any atom is 0.408 e. The summed E-state index contributed by atoms with van der Waals surface area (Å²) in [6.07, 6.45) is -1.01. The molecule has 0 bridgehead atoms. The molecule has 2 atom stereocenters. The molecule has 2 aliphatic rings. The highest BCUT2D eigenvalue weighted by molar-refractivity contribution is 8.01. The van der Waals surface area contributed by atoms with E-state index in [0.29, 0.717) is 5.57 Å². The third-order valence-corrected chi connectivity index (χ3v) is 7.33. The quantitative estimate of drug-likeness (QED) is 0.164.